The number of benzene rings is 3. The molecule has 0 fully saturated rings. The van der Waals surface area contributed by atoms with Gasteiger partial charge in [0, 0.05) is 21.8 Å². The monoisotopic (exact) mass is 357 g/mol. The molecule has 2 heterocycles. The van der Waals surface area contributed by atoms with E-state index in [-0.39, 0.29) is 5.91 Å². The van der Waals surface area contributed by atoms with Crippen molar-refractivity contribution in [3.05, 3.63) is 78.4 Å². The summed E-state index contributed by atoms with van der Waals surface area (Å²) in [4.78, 5) is 20.8. The number of thioether (sulfide) groups is 1. The Morgan fingerprint density at radius 1 is 0.962 bits per heavy atom. The van der Waals surface area contributed by atoms with Crippen molar-refractivity contribution in [2.24, 2.45) is 4.99 Å². The second-order valence-corrected chi connectivity index (χ2v) is 7.12. The molecule has 0 atom stereocenters. The van der Waals surface area contributed by atoms with Gasteiger partial charge < -0.3 is 5.32 Å². The molecule has 3 aromatic rings. The number of carbonyl (C=O) groups is 1. The fraction of sp³-hybridized carbons (Fsp3) is 0.0476. The molecular weight excluding hydrogens is 342 g/mol. The van der Waals surface area contributed by atoms with E-state index in [0.29, 0.717) is 5.71 Å². The third-order valence-corrected chi connectivity index (χ3v) is 5.45. The summed E-state index contributed by atoms with van der Waals surface area (Å²) in [6.45, 7) is 0. The van der Waals surface area contributed by atoms with Crippen LogP contribution in [0.15, 0.2) is 82.7 Å². The van der Waals surface area contributed by atoms with Crippen LogP contribution in [-0.4, -0.2) is 17.5 Å². The zero-order valence-electron chi connectivity index (χ0n) is 13.8. The van der Waals surface area contributed by atoms with Gasteiger partial charge in [-0.05, 0) is 36.4 Å². The molecule has 0 aliphatic carbocycles. The summed E-state index contributed by atoms with van der Waals surface area (Å²) < 4.78 is 0. The van der Waals surface area contributed by atoms with Crippen LogP contribution < -0.4 is 10.2 Å². The van der Waals surface area contributed by atoms with Crippen LogP contribution in [0.5, 0.6) is 0 Å². The number of amides is 1. The number of nitrogens with zero attached hydrogens (tertiary/aromatic N) is 2. The number of hydrogen-bond donors (Lipinski definition) is 1. The standard InChI is InChI=1S/C21H15N3OS/c25-21-20(23-14-10-11-17-19(12-14)26-13-22-17)16-8-4-5-9-18(16)24(21)15-6-2-1-3-7-15/h1-12,22H,13H2. The molecule has 3 aromatic carbocycles. The second-order valence-electron chi connectivity index (χ2n) is 6.10. The number of para-hydroxylation sites is 2. The molecule has 5 rings (SSSR count). The van der Waals surface area contributed by atoms with Crippen LogP contribution in [0.2, 0.25) is 0 Å². The molecule has 0 saturated heterocycles. The topological polar surface area (TPSA) is 44.7 Å². The first-order valence-electron chi connectivity index (χ1n) is 8.39. The van der Waals surface area contributed by atoms with Crippen LogP contribution in [0, 0.1) is 0 Å². The highest BCUT2D eigenvalue weighted by molar-refractivity contribution is 7.99. The van der Waals surface area contributed by atoms with Crippen LogP contribution in [0.4, 0.5) is 22.7 Å². The van der Waals surface area contributed by atoms with Crippen molar-refractivity contribution < 1.29 is 4.79 Å². The van der Waals surface area contributed by atoms with Gasteiger partial charge in [-0.1, -0.05) is 36.4 Å². The fourth-order valence-corrected chi connectivity index (χ4v) is 4.19. The van der Waals surface area contributed by atoms with Crippen molar-refractivity contribution in [3.8, 4) is 0 Å². The first-order chi connectivity index (χ1) is 12.8. The Hall–Kier alpha value is -3.05. The van der Waals surface area contributed by atoms with Gasteiger partial charge in [0.1, 0.15) is 5.71 Å². The Morgan fingerprint density at radius 3 is 2.65 bits per heavy atom. The Labute approximate surface area is 155 Å². The van der Waals surface area contributed by atoms with Crippen molar-refractivity contribution in [1.29, 1.82) is 0 Å². The maximum atomic E-state index is 13.2. The SMILES string of the molecule is O=C1C(=Nc2ccc3c(c2)SCN3)c2ccccc2N1c1ccccc1. The van der Waals surface area contributed by atoms with Crippen LogP contribution in [0.3, 0.4) is 0 Å². The van der Waals surface area contributed by atoms with E-state index in [9.17, 15) is 4.79 Å². The minimum Gasteiger partial charge on any atom is -0.375 e. The summed E-state index contributed by atoms with van der Waals surface area (Å²) >= 11 is 1.75. The van der Waals surface area contributed by atoms with Crippen molar-refractivity contribution in [2.75, 3.05) is 16.1 Å². The molecule has 2 aliphatic heterocycles. The molecule has 126 valence electrons. The maximum Gasteiger partial charge on any atom is 0.282 e. The predicted octanol–water partition coefficient (Wildman–Crippen LogP) is 4.96. The molecule has 1 amide bonds. The van der Waals surface area contributed by atoms with Gasteiger partial charge in [0.15, 0.2) is 0 Å². The molecule has 0 unspecified atom stereocenters. The van der Waals surface area contributed by atoms with Crippen molar-refractivity contribution >= 4 is 46.1 Å². The smallest absolute Gasteiger partial charge is 0.282 e. The lowest BCUT2D eigenvalue weighted by atomic mass is 10.1. The van der Waals surface area contributed by atoms with E-state index >= 15 is 0 Å². The summed E-state index contributed by atoms with van der Waals surface area (Å²) in [6, 6.07) is 23.5. The first kappa shape index (κ1) is 15.2. The van der Waals surface area contributed by atoms with E-state index in [1.807, 2.05) is 72.8 Å². The summed E-state index contributed by atoms with van der Waals surface area (Å²) in [5.74, 6) is 0.780. The normalized spacial score (nSPS) is 16.5. The number of fused-ring (bicyclic) bond motifs is 2. The second kappa shape index (κ2) is 6.04. The number of anilines is 3. The maximum absolute atomic E-state index is 13.2. The van der Waals surface area contributed by atoms with Gasteiger partial charge >= 0.3 is 0 Å². The van der Waals surface area contributed by atoms with E-state index in [4.69, 9.17) is 4.99 Å². The Bertz CT molecular complexity index is 1050. The Kier molecular flexibility index (Phi) is 3.53. The van der Waals surface area contributed by atoms with Crippen molar-refractivity contribution in [3.63, 3.8) is 0 Å². The van der Waals surface area contributed by atoms with Gasteiger partial charge in [-0.3, -0.25) is 9.69 Å². The highest BCUT2D eigenvalue weighted by Crippen LogP contribution is 2.39. The van der Waals surface area contributed by atoms with Crippen molar-refractivity contribution in [2.45, 2.75) is 4.90 Å². The molecular formula is C21H15N3OS. The largest absolute Gasteiger partial charge is 0.375 e. The van der Waals surface area contributed by atoms with E-state index in [1.54, 1.807) is 16.7 Å². The fourth-order valence-electron chi connectivity index (χ4n) is 3.31. The van der Waals surface area contributed by atoms with Crippen LogP contribution in [-0.2, 0) is 4.79 Å². The molecule has 0 spiro atoms. The van der Waals surface area contributed by atoms with E-state index in [1.165, 1.54) is 4.90 Å². The quantitative estimate of drug-likeness (QED) is 0.705. The lowest BCUT2D eigenvalue weighted by Crippen LogP contribution is -2.25. The van der Waals surface area contributed by atoms with Gasteiger partial charge in [-0.25, -0.2) is 4.99 Å². The van der Waals surface area contributed by atoms with E-state index in [0.717, 1.165) is 34.2 Å². The molecule has 0 bridgehead atoms. The third kappa shape index (κ3) is 2.40. The number of rotatable bonds is 2. The van der Waals surface area contributed by atoms with Crippen molar-refractivity contribution in [1.82, 2.24) is 0 Å². The zero-order valence-corrected chi connectivity index (χ0v) is 14.7. The van der Waals surface area contributed by atoms with Gasteiger partial charge in [0.2, 0.25) is 0 Å². The molecule has 26 heavy (non-hydrogen) atoms. The van der Waals surface area contributed by atoms with Crippen LogP contribution in [0.1, 0.15) is 5.56 Å². The van der Waals surface area contributed by atoms with Gasteiger partial charge in [0.05, 0.1) is 17.3 Å². The average Bonchev–Trinajstić information content (AvgIpc) is 3.25. The molecule has 0 aromatic heterocycles. The molecule has 0 saturated carbocycles. The summed E-state index contributed by atoms with van der Waals surface area (Å²) in [5, 5.41) is 3.31. The summed E-state index contributed by atoms with van der Waals surface area (Å²) in [5.41, 5.74) is 5.01. The number of carbonyl (C=O) groups excluding carboxylic acids is 1. The summed E-state index contributed by atoms with van der Waals surface area (Å²) in [6.07, 6.45) is 0. The molecule has 2 aliphatic rings. The Morgan fingerprint density at radius 2 is 1.77 bits per heavy atom. The molecule has 1 N–H and O–H groups in total. The molecule has 5 heteroatoms. The number of aliphatic imine (C=N–C) groups is 1. The molecule has 0 radical (unpaired) electrons. The highest BCUT2D eigenvalue weighted by atomic mass is 32.2. The average molecular weight is 357 g/mol. The third-order valence-electron chi connectivity index (χ3n) is 4.52. The first-order valence-corrected chi connectivity index (χ1v) is 9.38. The zero-order chi connectivity index (χ0) is 17.5. The molecule has 4 nitrogen and oxygen atoms in total. The minimum absolute atomic E-state index is 0.0938. The lowest BCUT2D eigenvalue weighted by Gasteiger charge is -2.16. The minimum atomic E-state index is -0.0938. The predicted molar refractivity (Wildman–Crippen MR) is 107 cm³/mol. The lowest BCUT2D eigenvalue weighted by molar-refractivity contribution is -0.111. The summed E-state index contributed by atoms with van der Waals surface area (Å²) in [7, 11) is 0. The van der Waals surface area contributed by atoms with Gasteiger partial charge in [-0.15, -0.1) is 11.8 Å². The highest BCUT2D eigenvalue weighted by Gasteiger charge is 2.34. The van der Waals surface area contributed by atoms with Crippen LogP contribution >= 0.6 is 11.8 Å². The van der Waals surface area contributed by atoms with E-state index in [2.05, 4.69) is 5.32 Å². The van der Waals surface area contributed by atoms with E-state index < -0.39 is 0 Å². The number of hydrogen-bond acceptors (Lipinski definition) is 4. The van der Waals surface area contributed by atoms with Crippen LogP contribution in [0.25, 0.3) is 0 Å². The number of nitrogens with one attached hydrogen (secondary N) is 1. The Balaban J connectivity index is 1.63. The van der Waals surface area contributed by atoms with Gasteiger partial charge in [-0.2, -0.15) is 0 Å². The van der Waals surface area contributed by atoms with Gasteiger partial charge in [0.25, 0.3) is 5.91 Å².